The number of amides is 2. The number of ether oxygens (including phenoxy) is 3. The van der Waals surface area contributed by atoms with Crippen LogP contribution in [-0.4, -0.2) is 67.5 Å². The van der Waals surface area contributed by atoms with Gasteiger partial charge in [0.05, 0.1) is 32.7 Å². The van der Waals surface area contributed by atoms with Crippen molar-refractivity contribution < 1.29 is 19.0 Å². The van der Waals surface area contributed by atoms with Gasteiger partial charge >= 0.3 is 6.03 Å². The van der Waals surface area contributed by atoms with Gasteiger partial charge in [-0.05, 0) is 48.6 Å². The number of nitrogens with one attached hydrogen (secondary N) is 1. The Labute approximate surface area is 210 Å². The third-order valence-corrected chi connectivity index (χ3v) is 7.31. The van der Waals surface area contributed by atoms with Crippen LogP contribution >= 0.6 is 11.8 Å². The number of carbonyl (C=O) groups is 1. The SMILES string of the molecule is CCCSC1=NC2(CCN(C(=O)Nc3ccc(OC)cc3OC)CC2)N=C1c1ccc(OC)cc1. The number of thioether (sulfide) groups is 1. The number of hydrogen-bond donors (Lipinski definition) is 1. The molecule has 1 saturated heterocycles. The molecule has 1 N–H and O–H groups in total. The van der Waals surface area contributed by atoms with E-state index in [1.54, 1.807) is 51.3 Å². The summed E-state index contributed by atoms with van der Waals surface area (Å²) in [4.78, 5) is 25.0. The second-order valence-corrected chi connectivity index (χ2v) is 9.50. The van der Waals surface area contributed by atoms with Gasteiger partial charge in [-0.1, -0.05) is 6.92 Å². The molecule has 186 valence electrons. The van der Waals surface area contributed by atoms with E-state index in [2.05, 4.69) is 12.2 Å². The van der Waals surface area contributed by atoms with E-state index >= 15 is 0 Å². The molecule has 35 heavy (non-hydrogen) atoms. The number of hydrogen-bond acceptors (Lipinski definition) is 7. The highest BCUT2D eigenvalue weighted by atomic mass is 32.2. The Morgan fingerprint density at radius 3 is 2.31 bits per heavy atom. The van der Waals surface area contributed by atoms with E-state index < -0.39 is 5.66 Å². The van der Waals surface area contributed by atoms with Crippen molar-refractivity contribution >= 4 is 34.2 Å². The van der Waals surface area contributed by atoms with Crippen molar-refractivity contribution in [3.8, 4) is 17.2 Å². The zero-order valence-electron chi connectivity index (χ0n) is 20.7. The minimum Gasteiger partial charge on any atom is -0.497 e. The number of anilines is 1. The lowest BCUT2D eigenvalue weighted by Crippen LogP contribution is -2.46. The number of aliphatic imine (C=N–C) groups is 2. The van der Waals surface area contributed by atoms with Crippen LogP contribution in [0.15, 0.2) is 52.4 Å². The summed E-state index contributed by atoms with van der Waals surface area (Å²) in [5, 5.41) is 3.95. The first-order valence-electron chi connectivity index (χ1n) is 11.8. The molecule has 0 unspecified atom stereocenters. The minimum absolute atomic E-state index is 0.162. The van der Waals surface area contributed by atoms with Crippen molar-refractivity contribution in [3.05, 3.63) is 48.0 Å². The van der Waals surface area contributed by atoms with Crippen LogP contribution in [0.25, 0.3) is 0 Å². The first kappa shape index (κ1) is 24.9. The summed E-state index contributed by atoms with van der Waals surface area (Å²) in [5.74, 6) is 3.02. The van der Waals surface area contributed by atoms with Crippen molar-refractivity contribution in [2.45, 2.75) is 31.8 Å². The molecule has 1 spiro atoms. The summed E-state index contributed by atoms with van der Waals surface area (Å²) < 4.78 is 15.9. The lowest BCUT2D eigenvalue weighted by molar-refractivity contribution is 0.175. The maximum absolute atomic E-state index is 13.0. The van der Waals surface area contributed by atoms with Gasteiger partial charge in [0.15, 0.2) is 5.66 Å². The number of methoxy groups -OCH3 is 3. The fraction of sp³-hybridized carbons (Fsp3) is 0.423. The molecular weight excluding hydrogens is 464 g/mol. The van der Waals surface area contributed by atoms with E-state index in [4.69, 9.17) is 24.2 Å². The Morgan fingerprint density at radius 2 is 1.69 bits per heavy atom. The van der Waals surface area contributed by atoms with Crippen molar-refractivity contribution in [3.63, 3.8) is 0 Å². The van der Waals surface area contributed by atoms with Crippen molar-refractivity contribution in [1.82, 2.24) is 4.90 Å². The molecule has 2 aromatic rings. The number of nitrogens with zero attached hydrogens (tertiary/aromatic N) is 3. The highest BCUT2D eigenvalue weighted by Gasteiger charge is 2.40. The van der Waals surface area contributed by atoms with Crippen LogP contribution in [0.5, 0.6) is 17.2 Å². The maximum atomic E-state index is 13.0. The maximum Gasteiger partial charge on any atom is 0.321 e. The zero-order valence-corrected chi connectivity index (χ0v) is 21.5. The Balaban J connectivity index is 1.47. The molecule has 2 heterocycles. The van der Waals surface area contributed by atoms with Crippen LogP contribution in [0.3, 0.4) is 0 Å². The Morgan fingerprint density at radius 1 is 1.00 bits per heavy atom. The number of benzene rings is 2. The van der Waals surface area contributed by atoms with Gasteiger partial charge in [0, 0.05) is 37.6 Å². The topological polar surface area (TPSA) is 84.8 Å². The largest absolute Gasteiger partial charge is 0.497 e. The van der Waals surface area contributed by atoms with Crippen LogP contribution in [0.1, 0.15) is 31.7 Å². The normalized spacial score (nSPS) is 16.5. The quantitative estimate of drug-likeness (QED) is 0.578. The lowest BCUT2D eigenvalue weighted by atomic mass is 9.98. The van der Waals surface area contributed by atoms with E-state index in [9.17, 15) is 4.79 Å². The monoisotopic (exact) mass is 496 g/mol. The average Bonchev–Trinajstić information content (AvgIpc) is 3.25. The van der Waals surface area contributed by atoms with Crippen LogP contribution in [0.4, 0.5) is 10.5 Å². The van der Waals surface area contributed by atoms with E-state index in [1.807, 2.05) is 29.2 Å². The number of piperidine rings is 1. The highest BCUT2D eigenvalue weighted by molar-refractivity contribution is 8.15. The molecule has 0 atom stereocenters. The van der Waals surface area contributed by atoms with E-state index in [0.29, 0.717) is 43.1 Å². The third kappa shape index (κ3) is 5.56. The Kier molecular flexibility index (Phi) is 7.85. The van der Waals surface area contributed by atoms with Gasteiger partial charge in [-0.2, -0.15) is 0 Å². The van der Waals surface area contributed by atoms with E-state index in [1.165, 1.54) is 0 Å². The van der Waals surface area contributed by atoms with Crippen LogP contribution in [0.2, 0.25) is 0 Å². The molecule has 0 saturated carbocycles. The molecule has 2 amide bonds. The van der Waals surface area contributed by atoms with Gasteiger partial charge in [0.1, 0.15) is 22.3 Å². The van der Waals surface area contributed by atoms with E-state index in [-0.39, 0.29) is 6.03 Å². The first-order chi connectivity index (χ1) is 17.0. The van der Waals surface area contributed by atoms with Gasteiger partial charge in [0.2, 0.25) is 0 Å². The smallest absolute Gasteiger partial charge is 0.321 e. The molecule has 0 bridgehead atoms. The number of urea groups is 1. The molecule has 0 radical (unpaired) electrons. The molecule has 2 aliphatic rings. The van der Waals surface area contributed by atoms with Crippen molar-refractivity contribution in [1.29, 1.82) is 0 Å². The van der Waals surface area contributed by atoms with Gasteiger partial charge in [0.25, 0.3) is 0 Å². The summed E-state index contributed by atoms with van der Waals surface area (Å²) in [6.45, 7) is 3.30. The zero-order chi connectivity index (χ0) is 24.8. The minimum atomic E-state index is -0.514. The standard InChI is InChI=1S/C26H32N4O4S/c1-5-16-35-24-23(18-6-8-19(32-2)9-7-18)28-26(29-24)12-14-30(15-13-26)25(31)27-21-11-10-20(33-3)17-22(21)34-4/h6-11,17H,5,12-16H2,1-4H3,(H,27,31). The molecule has 9 heteroatoms. The number of carbonyl (C=O) groups excluding carboxylic acids is 1. The Bertz CT molecular complexity index is 1110. The second kappa shape index (κ2) is 11.0. The third-order valence-electron chi connectivity index (χ3n) is 6.14. The summed E-state index contributed by atoms with van der Waals surface area (Å²) in [5.41, 5.74) is 2.07. The van der Waals surface area contributed by atoms with Gasteiger partial charge in [-0.25, -0.2) is 9.79 Å². The van der Waals surface area contributed by atoms with Crippen LogP contribution < -0.4 is 19.5 Å². The van der Waals surface area contributed by atoms with Crippen molar-refractivity contribution in [2.24, 2.45) is 9.98 Å². The molecule has 2 aromatic carbocycles. The first-order valence-corrected chi connectivity index (χ1v) is 12.7. The summed E-state index contributed by atoms with van der Waals surface area (Å²) in [6.07, 6.45) is 2.42. The molecule has 0 aromatic heterocycles. The number of rotatable bonds is 7. The molecule has 8 nitrogen and oxygen atoms in total. The fourth-order valence-electron chi connectivity index (χ4n) is 4.15. The van der Waals surface area contributed by atoms with Gasteiger partial charge in [-0.3, -0.25) is 4.99 Å². The predicted molar refractivity (Wildman–Crippen MR) is 142 cm³/mol. The summed E-state index contributed by atoms with van der Waals surface area (Å²) in [7, 11) is 4.83. The summed E-state index contributed by atoms with van der Waals surface area (Å²) in [6, 6.07) is 13.1. The lowest BCUT2D eigenvalue weighted by Gasteiger charge is -2.35. The Hall–Kier alpha value is -3.20. The molecule has 4 rings (SSSR count). The fourth-order valence-corrected chi connectivity index (χ4v) is 5.08. The summed E-state index contributed by atoms with van der Waals surface area (Å²) >= 11 is 1.75. The van der Waals surface area contributed by atoms with Crippen LogP contribution in [0, 0.1) is 0 Å². The molecule has 0 aliphatic carbocycles. The second-order valence-electron chi connectivity index (χ2n) is 8.42. The molecular formula is C26H32N4O4S. The van der Waals surface area contributed by atoms with Gasteiger partial charge < -0.3 is 24.4 Å². The molecule has 1 fully saturated rings. The highest BCUT2D eigenvalue weighted by Crippen LogP contribution is 2.36. The average molecular weight is 497 g/mol. The predicted octanol–water partition coefficient (Wildman–Crippen LogP) is 5.08. The van der Waals surface area contributed by atoms with E-state index in [0.717, 1.165) is 34.2 Å². The van der Waals surface area contributed by atoms with Gasteiger partial charge in [-0.15, -0.1) is 11.8 Å². The van der Waals surface area contributed by atoms with Crippen molar-refractivity contribution in [2.75, 3.05) is 45.5 Å². The molecule has 2 aliphatic heterocycles. The number of likely N-dealkylation sites (tertiary alicyclic amines) is 1. The van der Waals surface area contributed by atoms with Crippen LogP contribution in [-0.2, 0) is 0 Å².